The van der Waals surface area contributed by atoms with Crippen LogP contribution in [0.25, 0.3) is 22.2 Å². The number of pyridine rings is 1. The number of piperazine rings is 1. The molecule has 12 nitrogen and oxygen atoms in total. The van der Waals surface area contributed by atoms with Crippen LogP contribution >= 0.6 is 11.6 Å². The van der Waals surface area contributed by atoms with E-state index in [1.807, 2.05) is 4.90 Å². The number of aromatic nitrogens is 3. The summed E-state index contributed by atoms with van der Waals surface area (Å²) in [6, 6.07) is 3.97. The standard InChI is InChI=1S/C38H42ClF5N8O4/c1-22(47-35(54)56-36(2,3)4)9-10-28(53)52-16-15-50(20-24(52)11-13-45)33-26-18-46-31(25-7-5-8-27(39)29(25)38(42,43)44)30(41)32(26)48-34(49-33)55-21-37-12-6-14-51(37)19-23(40)17-37/h5,7-10,18,22-24H,6,11-12,14-17,19-21H2,1-4H3,(H,47,54)/b10-9+/t22-,23-,24+,37+/m1/s1. The number of nitrogens with one attached hydrogen (secondary N) is 1. The van der Waals surface area contributed by atoms with E-state index < -0.39 is 75.2 Å². The number of fused-ring (bicyclic) bond motifs is 2. The number of nitriles is 1. The van der Waals surface area contributed by atoms with Gasteiger partial charge >= 0.3 is 18.3 Å². The Balaban J connectivity index is 1.33. The van der Waals surface area contributed by atoms with Crippen LogP contribution < -0.4 is 15.0 Å². The van der Waals surface area contributed by atoms with E-state index in [9.17, 15) is 32.4 Å². The molecule has 300 valence electrons. The Labute approximate surface area is 325 Å². The highest BCUT2D eigenvalue weighted by atomic mass is 35.5. The molecule has 3 aliphatic heterocycles. The van der Waals surface area contributed by atoms with Crippen molar-refractivity contribution in [3.05, 3.63) is 53.0 Å². The molecule has 56 heavy (non-hydrogen) atoms. The molecule has 18 heteroatoms. The summed E-state index contributed by atoms with van der Waals surface area (Å²) in [5.74, 6) is -1.46. The Morgan fingerprint density at radius 1 is 1.18 bits per heavy atom. The Kier molecular flexibility index (Phi) is 11.6. The molecule has 1 aromatic carbocycles. The van der Waals surface area contributed by atoms with E-state index in [1.165, 1.54) is 29.3 Å². The molecule has 3 aliphatic rings. The lowest BCUT2D eigenvalue weighted by Gasteiger charge is -2.41. The highest BCUT2D eigenvalue weighted by Gasteiger charge is 2.49. The molecule has 6 rings (SSSR count). The number of carbonyl (C=O) groups is 2. The molecule has 0 bridgehead atoms. The van der Waals surface area contributed by atoms with E-state index in [4.69, 9.17) is 21.1 Å². The minimum atomic E-state index is -4.93. The van der Waals surface area contributed by atoms with Crippen LogP contribution in [0.4, 0.5) is 32.6 Å². The van der Waals surface area contributed by atoms with Crippen LogP contribution in [-0.2, 0) is 15.7 Å². The number of carbonyl (C=O) groups excluding carboxylic acids is 2. The molecule has 2 aromatic heterocycles. The Bertz CT molecular complexity index is 2060. The fourth-order valence-corrected chi connectivity index (χ4v) is 7.94. The van der Waals surface area contributed by atoms with Gasteiger partial charge in [-0.25, -0.2) is 13.6 Å². The van der Waals surface area contributed by atoms with Crippen molar-refractivity contribution in [1.29, 1.82) is 5.26 Å². The highest BCUT2D eigenvalue weighted by Crippen LogP contribution is 2.44. The summed E-state index contributed by atoms with van der Waals surface area (Å²) in [7, 11) is 0. The van der Waals surface area contributed by atoms with Crippen molar-refractivity contribution in [3.63, 3.8) is 0 Å². The van der Waals surface area contributed by atoms with E-state index in [0.29, 0.717) is 13.0 Å². The highest BCUT2D eigenvalue weighted by molar-refractivity contribution is 6.31. The van der Waals surface area contributed by atoms with Crippen LogP contribution in [0, 0.1) is 17.1 Å². The molecule has 0 radical (unpaired) electrons. The van der Waals surface area contributed by atoms with Gasteiger partial charge in [-0.2, -0.15) is 28.4 Å². The summed E-state index contributed by atoms with van der Waals surface area (Å²) in [5.41, 5.74) is -4.18. The molecule has 0 aliphatic carbocycles. The first-order valence-electron chi connectivity index (χ1n) is 18.2. The number of alkyl halides is 4. The number of amides is 2. The SMILES string of the molecule is C[C@H](/C=C/C(=O)N1CCN(c2nc(OC[C@@]34CCCN3C[C@H](F)C4)nc3c(F)c(-c4cccc(Cl)c4C(F)(F)F)ncc23)C[C@@H]1CC#N)NC(=O)OC(C)(C)C. The van der Waals surface area contributed by atoms with Crippen LogP contribution in [0.2, 0.25) is 5.02 Å². The lowest BCUT2D eigenvalue weighted by atomic mass is 9.95. The summed E-state index contributed by atoms with van der Waals surface area (Å²) in [6.07, 6.45) is -0.994. The summed E-state index contributed by atoms with van der Waals surface area (Å²) < 4.78 is 85.1. The van der Waals surface area contributed by atoms with E-state index in [-0.39, 0.29) is 68.4 Å². The molecule has 0 unspecified atom stereocenters. The largest absolute Gasteiger partial charge is 0.461 e. The van der Waals surface area contributed by atoms with Gasteiger partial charge in [0.05, 0.1) is 40.0 Å². The zero-order chi connectivity index (χ0) is 40.6. The van der Waals surface area contributed by atoms with Gasteiger partial charge in [0.2, 0.25) is 5.91 Å². The van der Waals surface area contributed by atoms with Gasteiger partial charge in [0.15, 0.2) is 5.82 Å². The zero-order valence-corrected chi connectivity index (χ0v) is 32.1. The average molecular weight is 805 g/mol. The number of rotatable bonds is 9. The Morgan fingerprint density at radius 3 is 2.66 bits per heavy atom. The third-order valence-electron chi connectivity index (χ3n) is 10.1. The smallest absolute Gasteiger partial charge is 0.418 e. The van der Waals surface area contributed by atoms with Gasteiger partial charge in [-0.05, 0) is 53.1 Å². The van der Waals surface area contributed by atoms with E-state index >= 15 is 4.39 Å². The second-order valence-corrected chi connectivity index (χ2v) is 15.7. The first kappa shape index (κ1) is 40.8. The minimum absolute atomic E-state index is 0.00266. The number of halogens is 6. The van der Waals surface area contributed by atoms with Gasteiger partial charge in [-0.1, -0.05) is 29.8 Å². The number of hydrogen-bond acceptors (Lipinski definition) is 10. The van der Waals surface area contributed by atoms with Gasteiger partial charge in [0.25, 0.3) is 0 Å². The van der Waals surface area contributed by atoms with E-state index in [1.54, 1.807) is 32.6 Å². The fourth-order valence-electron chi connectivity index (χ4n) is 7.65. The van der Waals surface area contributed by atoms with Crippen molar-refractivity contribution in [2.24, 2.45) is 0 Å². The van der Waals surface area contributed by atoms with Gasteiger partial charge in [-0.3, -0.25) is 14.7 Å². The third-order valence-corrected chi connectivity index (χ3v) is 10.4. The molecular weight excluding hydrogens is 763 g/mol. The molecule has 3 saturated heterocycles. The topological polar surface area (TPSA) is 137 Å². The summed E-state index contributed by atoms with van der Waals surface area (Å²) >= 11 is 5.96. The van der Waals surface area contributed by atoms with Crippen LogP contribution in [-0.4, -0.2) is 105 Å². The normalized spacial score (nSPS) is 22.3. The number of alkyl carbamates (subject to hydrolysis) is 1. The Hall–Kier alpha value is -4.82. The molecule has 0 spiro atoms. The second kappa shape index (κ2) is 16.0. The molecule has 4 atom stereocenters. The van der Waals surface area contributed by atoms with Crippen molar-refractivity contribution in [2.75, 3.05) is 44.2 Å². The van der Waals surface area contributed by atoms with Crippen LogP contribution in [0.15, 0.2) is 36.5 Å². The van der Waals surface area contributed by atoms with E-state index in [0.717, 1.165) is 18.6 Å². The summed E-state index contributed by atoms with van der Waals surface area (Å²) in [6.45, 7) is 8.10. The van der Waals surface area contributed by atoms with Crippen molar-refractivity contribution < 1.29 is 41.0 Å². The van der Waals surface area contributed by atoms with Gasteiger partial charge < -0.3 is 24.6 Å². The number of nitrogens with zero attached hydrogens (tertiary/aromatic N) is 7. The first-order chi connectivity index (χ1) is 26.4. The summed E-state index contributed by atoms with van der Waals surface area (Å²) in [5, 5.41) is 11.8. The number of anilines is 1. The van der Waals surface area contributed by atoms with Crippen molar-refractivity contribution in [3.8, 4) is 23.3 Å². The fraction of sp³-hybridized carbons (Fsp3) is 0.526. The molecule has 3 fully saturated rings. The van der Waals surface area contributed by atoms with Crippen molar-refractivity contribution in [1.82, 2.24) is 30.1 Å². The lowest BCUT2D eigenvalue weighted by Crippen LogP contribution is -2.55. The molecule has 5 heterocycles. The van der Waals surface area contributed by atoms with Gasteiger partial charge in [0, 0.05) is 56.5 Å². The number of ether oxygens (including phenoxy) is 2. The average Bonchev–Trinajstić information content (AvgIpc) is 3.64. The predicted octanol–water partition coefficient (Wildman–Crippen LogP) is 6.86. The maximum absolute atomic E-state index is 16.6. The maximum atomic E-state index is 16.6. The van der Waals surface area contributed by atoms with Gasteiger partial charge in [0.1, 0.15) is 35.4 Å². The quantitative estimate of drug-likeness (QED) is 0.181. The van der Waals surface area contributed by atoms with Crippen LogP contribution in [0.3, 0.4) is 0 Å². The number of hydrogen-bond donors (Lipinski definition) is 1. The summed E-state index contributed by atoms with van der Waals surface area (Å²) in [4.78, 5) is 43.9. The Morgan fingerprint density at radius 2 is 1.95 bits per heavy atom. The molecule has 3 aromatic rings. The van der Waals surface area contributed by atoms with Crippen LogP contribution in [0.1, 0.15) is 58.9 Å². The van der Waals surface area contributed by atoms with Crippen molar-refractivity contribution >= 4 is 40.3 Å². The maximum Gasteiger partial charge on any atom is 0.418 e. The first-order valence-corrected chi connectivity index (χ1v) is 18.6. The molecule has 1 N–H and O–H groups in total. The molecule has 2 amide bonds. The molecular formula is C38H42ClF5N8O4. The number of benzene rings is 1. The lowest BCUT2D eigenvalue weighted by molar-refractivity contribution is -0.137. The predicted molar refractivity (Wildman–Crippen MR) is 197 cm³/mol. The zero-order valence-electron chi connectivity index (χ0n) is 31.3. The van der Waals surface area contributed by atoms with Crippen LogP contribution in [0.5, 0.6) is 6.01 Å². The monoisotopic (exact) mass is 804 g/mol. The molecule has 0 saturated carbocycles. The van der Waals surface area contributed by atoms with E-state index in [2.05, 4.69) is 26.3 Å². The minimum Gasteiger partial charge on any atom is -0.461 e. The van der Waals surface area contributed by atoms with Crippen molar-refractivity contribution in [2.45, 2.75) is 88.9 Å². The van der Waals surface area contributed by atoms with Gasteiger partial charge in [-0.15, -0.1) is 0 Å². The second-order valence-electron chi connectivity index (χ2n) is 15.3. The third kappa shape index (κ3) is 8.76.